The summed E-state index contributed by atoms with van der Waals surface area (Å²) in [6.07, 6.45) is 0.635. The molecule has 0 saturated carbocycles. The number of nitriles is 1. The zero-order valence-corrected chi connectivity index (χ0v) is 14.4. The van der Waals surface area contributed by atoms with E-state index < -0.39 is 17.7 Å². The molecule has 0 aliphatic carbocycles. The van der Waals surface area contributed by atoms with Gasteiger partial charge in [-0.3, -0.25) is 4.79 Å². The molecule has 1 aliphatic rings. The average molecular weight is 340 g/mol. The molecule has 1 aromatic carbocycles. The summed E-state index contributed by atoms with van der Waals surface area (Å²) < 4.78 is 12.7. The van der Waals surface area contributed by atoms with E-state index >= 15 is 0 Å². The Morgan fingerprint density at radius 1 is 1.36 bits per heavy atom. The van der Waals surface area contributed by atoms with E-state index in [-0.39, 0.29) is 5.56 Å². The molecule has 1 aromatic heterocycles. The van der Waals surface area contributed by atoms with Crippen molar-refractivity contribution in [3.63, 3.8) is 0 Å². The lowest BCUT2D eigenvalue weighted by Crippen LogP contribution is -2.52. The van der Waals surface area contributed by atoms with Gasteiger partial charge in [0, 0.05) is 17.8 Å². The molecule has 2 heterocycles. The van der Waals surface area contributed by atoms with Gasteiger partial charge in [0.1, 0.15) is 23.2 Å². The predicted molar refractivity (Wildman–Crippen MR) is 91.9 cm³/mol. The summed E-state index contributed by atoms with van der Waals surface area (Å²) in [6, 6.07) is 9.52. The van der Waals surface area contributed by atoms with Crippen molar-refractivity contribution in [1.29, 1.82) is 5.26 Å². The van der Waals surface area contributed by atoms with Crippen LogP contribution in [-0.4, -0.2) is 28.0 Å². The van der Waals surface area contributed by atoms with Crippen LogP contribution >= 0.6 is 0 Å². The molecule has 0 unspecified atom stereocenters. The van der Waals surface area contributed by atoms with Gasteiger partial charge in [-0.05, 0) is 45.0 Å². The molecule has 0 fully saturated rings. The minimum absolute atomic E-state index is 0.291. The van der Waals surface area contributed by atoms with Gasteiger partial charge < -0.3 is 19.1 Å². The number of hydrogen-bond donors (Lipinski definition) is 1. The van der Waals surface area contributed by atoms with Gasteiger partial charge in [-0.2, -0.15) is 5.26 Å². The second-order valence-electron chi connectivity index (χ2n) is 6.50. The first-order valence-corrected chi connectivity index (χ1v) is 8.13. The van der Waals surface area contributed by atoms with Crippen LogP contribution in [0.2, 0.25) is 0 Å². The van der Waals surface area contributed by atoms with Crippen LogP contribution in [0.5, 0.6) is 11.5 Å². The van der Waals surface area contributed by atoms with Gasteiger partial charge in [0.2, 0.25) is 0 Å². The first-order chi connectivity index (χ1) is 11.9. The Labute approximate surface area is 145 Å². The van der Waals surface area contributed by atoms with Crippen LogP contribution in [0.25, 0.3) is 0 Å². The molecule has 0 bridgehead atoms. The summed E-state index contributed by atoms with van der Waals surface area (Å²) in [5.74, 6) is 1.04. The molecule has 1 aliphatic heterocycles. The fourth-order valence-corrected chi connectivity index (χ4v) is 3.10. The number of aliphatic hydroxyl groups excluding tert-OH is 1. The highest BCUT2D eigenvalue weighted by atomic mass is 16.5. The number of fused-ring (bicyclic) bond motifs is 1. The zero-order chi connectivity index (χ0) is 18.2. The van der Waals surface area contributed by atoms with E-state index in [1.807, 2.05) is 6.92 Å². The molecule has 0 spiro atoms. The standard InChI is InChI=1S/C19H20N2O4/c1-4-24-13-7-8-21(16(22)10-13)17-14-9-12(11-20)5-6-15(14)25-19(2,3)18(17)23/h5-10,17-18,23H,4H2,1-3H3/t17-,18+/m1/s1. The zero-order valence-electron chi connectivity index (χ0n) is 14.4. The fraction of sp³-hybridized carbons (Fsp3) is 0.368. The second-order valence-corrected chi connectivity index (χ2v) is 6.50. The molecule has 2 atom stereocenters. The third-order valence-electron chi connectivity index (χ3n) is 4.37. The van der Waals surface area contributed by atoms with Crippen LogP contribution in [0, 0.1) is 11.3 Å². The third-order valence-corrected chi connectivity index (χ3v) is 4.37. The molecule has 130 valence electrons. The Morgan fingerprint density at radius 3 is 2.76 bits per heavy atom. The van der Waals surface area contributed by atoms with E-state index in [2.05, 4.69) is 6.07 Å². The Bertz CT molecular complexity index is 895. The minimum atomic E-state index is -0.968. The van der Waals surface area contributed by atoms with E-state index in [9.17, 15) is 15.2 Å². The molecule has 0 amide bonds. The van der Waals surface area contributed by atoms with Crippen LogP contribution in [-0.2, 0) is 0 Å². The highest BCUT2D eigenvalue weighted by Gasteiger charge is 2.44. The number of ether oxygens (including phenoxy) is 2. The summed E-state index contributed by atoms with van der Waals surface area (Å²) >= 11 is 0. The molecule has 6 nitrogen and oxygen atoms in total. The van der Waals surface area contributed by atoms with Gasteiger partial charge in [-0.15, -0.1) is 0 Å². The van der Waals surface area contributed by atoms with Crippen molar-refractivity contribution in [2.45, 2.75) is 38.5 Å². The maximum atomic E-state index is 12.6. The average Bonchev–Trinajstić information content (AvgIpc) is 2.57. The number of aromatic nitrogens is 1. The predicted octanol–water partition coefficient (Wildman–Crippen LogP) is 2.24. The van der Waals surface area contributed by atoms with Crippen LogP contribution in [0.1, 0.15) is 37.9 Å². The molecule has 0 saturated heterocycles. The summed E-state index contributed by atoms with van der Waals surface area (Å²) in [5.41, 5.74) is -0.125. The molecule has 3 rings (SSSR count). The number of hydrogen-bond acceptors (Lipinski definition) is 5. The topological polar surface area (TPSA) is 84.5 Å². The van der Waals surface area contributed by atoms with E-state index in [1.165, 1.54) is 10.6 Å². The second kappa shape index (κ2) is 6.26. The molecule has 25 heavy (non-hydrogen) atoms. The maximum absolute atomic E-state index is 12.6. The number of pyridine rings is 1. The Morgan fingerprint density at radius 2 is 2.12 bits per heavy atom. The quantitative estimate of drug-likeness (QED) is 0.926. The van der Waals surface area contributed by atoms with Crippen LogP contribution in [0.4, 0.5) is 0 Å². The lowest BCUT2D eigenvalue weighted by atomic mass is 9.85. The highest BCUT2D eigenvalue weighted by Crippen LogP contribution is 2.41. The van der Waals surface area contributed by atoms with Crippen molar-refractivity contribution in [3.05, 3.63) is 58.0 Å². The lowest BCUT2D eigenvalue weighted by Gasteiger charge is -2.42. The van der Waals surface area contributed by atoms with Gasteiger partial charge in [-0.1, -0.05) is 0 Å². The number of rotatable bonds is 3. The van der Waals surface area contributed by atoms with Crippen molar-refractivity contribution in [1.82, 2.24) is 4.57 Å². The smallest absolute Gasteiger partial charge is 0.254 e. The Balaban J connectivity index is 2.17. The van der Waals surface area contributed by atoms with Gasteiger partial charge >= 0.3 is 0 Å². The van der Waals surface area contributed by atoms with Gasteiger partial charge in [0.25, 0.3) is 5.56 Å². The van der Waals surface area contributed by atoms with E-state index in [1.54, 1.807) is 44.3 Å². The van der Waals surface area contributed by atoms with Crippen molar-refractivity contribution in [3.8, 4) is 17.6 Å². The highest BCUT2D eigenvalue weighted by molar-refractivity contribution is 5.47. The SMILES string of the molecule is CCOc1ccn([C@@H]2c3cc(C#N)ccc3OC(C)(C)[C@H]2O)c(=O)c1. The maximum Gasteiger partial charge on any atom is 0.254 e. The van der Waals surface area contributed by atoms with Gasteiger partial charge in [-0.25, -0.2) is 0 Å². The van der Waals surface area contributed by atoms with Crippen molar-refractivity contribution < 1.29 is 14.6 Å². The molecule has 6 heteroatoms. The van der Waals surface area contributed by atoms with Crippen molar-refractivity contribution in [2.75, 3.05) is 6.61 Å². The molecule has 2 aromatic rings. The fourth-order valence-electron chi connectivity index (χ4n) is 3.10. The van der Waals surface area contributed by atoms with E-state index in [4.69, 9.17) is 9.47 Å². The monoisotopic (exact) mass is 340 g/mol. The third kappa shape index (κ3) is 2.99. The minimum Gasteiger partial charge on any atom is -0.494 e. The first-order valence-electron chi connectivity index (χ1n) is 8.13. The Hall–Kier alpha value is -2.78. The summed E-state index contributed by atoms with van der Waals surface area (Å²) in [4.78, 5) is 12.6. The first kappa shape index (κ1) is 17.1. The van der Waals surface area contributed by atoms with Gasteiger partial charge in [0.05, 0.1) is 24.3 Å². The van der Waals surface area contributed by atoms with Crippen LogP contribution in [0.15, 0.2) is 41.3 Å². The van der Waals surface area contributed by atoms with Crippen molar-refractivity contribution in [2.24, 2.45) is 0 Å². The number of benzene rings is 1. The number of nitrogens with zero attached hydrogens (tertiary/aromatic N) is 2. The van der Waals surface area contributed by atoms with E-state index in [0.717, 1.165) is 0 Å². The normalized spacial score (nSPS) is 20.9. The summed E-state index contributed by atoms with van der Waals surface area (Å²) in [6.45, 7) is 5.84. The summed E-state index contributed by atoms with van der Waals surface area (Å²) in [5, 5.41) is 20.0. The molecular formula is C19H20N2O4. The largest absolute Gasteiger partial charge is 0.494 e. The van der Waals surface area contributed by atoms with Crippen LogP contribution < -0.4 is 15.0 Å². The number of aliphatic hydroxyl groups is 1. The van der Waals surface area contributed by atoms with E-state index in [0.29, 0.717) is 29.2 Å². The van der Waals surface area contributed by atoms with Crippen LogP contribution in [0.3, 0.4) is 0 Å². The lowest BCUT2D eigenvalue weighted by molar-refractivity contribution is -0.0643. The molecule has 1 N–H and O–H groups in total. The Kier molecular flexibility index (Phi) is 4.27. The molecular weight excluding hydrogens is 320 g/mol. The van der Waals surface area contributed by atoms with Crippen molar-refractivity contribution >= 4 is 0 Å². The molecule has 0 radical (unpaired) electrons. The van der Waals surface area contributed by atoms with Gasteiger partial charge in [0.15, 0.2) is 0 Å². The summed E-state index contributed by atoms with van der Waals surface area (Å²) in [7, 11) is 0.